The summed E-state index contributed by atoms with van der Waals surface area (Å²) in [5.74, 6) is 0. The molecule has 0 heterocycles. The maximum Gasteiger partial charge on any atom is 0 e. The Morgan fingerprint density at radius 1 is 1.04 bits per heavy atom. The number of hydrogen-bond acceptors (Lipinski definition) is 0. The second-order valence-corrected chi connectivity index (χ2v) is 9.17. The van der Waals surface area contributed by atoms with Gasteiger partial charge in [-0.3, -0.25) is 6.08 Å². The van der Waals surface area contributed by atoms with Crippen molar-refractivity contribution in [2.45, 2.75) is 34.6 Å². The van der Waals surface area contributed by atoms with E-state index in [1.54, 1.807) is 0 Å². The molecule has 0 fully saturated rings. The Kier molecular flexibility index (Phi) is 7.30. The van der Waals surface area contributed by atoms with Gasteiger partial charge in [-0.1, -0.05) is 39.2 Å². The molecular weight excluding hydrogens is 462 g/mol. The van der Waals surface area contributed by atoms with Gasteiger partial charge in [-0.05, 0) is 13.3 Å². The van der Waals surface area contributed by atoms with E-state index in [2.05, 4.69) is 90.4 Å². The molecule has 0 unspecified atom stereocenters. The van der Waals surface area contributed by atoms with Crippen LogP contribution < -0.4 is 5.30 Å². The second-order valence-electron chi connectivity index (χ2n) is 6.86. The van der Waals surface area contributed by atoms with Crippen LogP contribution in [-0.4, -0.2) is 13.3 Å². The minimum atomic E-state index is 0. The smallest absolute Gasteiger partial charge is 0 e. The third-order valence-electron chi connectivity index (χ3n) is 4.68. The minimum Gasteiger partial charge on any atom is -0.263 e. The zero-order valence-corrected chi connectivity index (χ0v) is 19.9. The molecule has 0 nitrogen and oxygen atoms in total. The molecule has 0 atom stereocenters. The topological polar surface area (TPSA) is 0 Å². The first-order chi connectivity index (χ1) is 10.2. The van der Waals surface area contributed by atoms with E-state index in [-0.39, 0.29) is 39.2 Å². The van der Waals surface area contributed by atoms with Crippen LogP contribution in [0.4, 0.5) is 0 Å². The van der Waals surface area contributed by atoms with Crippen molar-refractivity contribution in [1.82, 2.24) is 0 Å². The maximum absolute atomic E-state index is 3.44. The minimum absolute atomic E-state index is 0. The molecule has 2 aromatic rings. The van der Waals surface area contributed by atoms with Crippen molar-refractivity contribution in [3.05, 3.63) is 59.2 Å². The number of benzene rings is 1. The van der Waals surface area contributed by atoms with E-state index in [0.717, 1.165) is 0 Å². The largest absolute Gasteiger partial charge is 0.263 e. The van der Waals surface area contributed by atoms with Crippen LogP contribution in [-0.2, 0) is 25.8 Å². The molecule has 122 valence electrons. The second kappa shape index (κ2) is 8.13. The first-order valence-electron chi connectivity index (χ1n) is 7.85. The van der Waals surface area contributed by atoms with Gasteiger partial charge in [0.15, 0.2) is 0 Å². The van der Waals surface area contributed by atoms with Crippen molar-refractivity contribution in [1.29, 1.82) is 0 Å². The summed E-state index contributed by atoms with van der Waals surface area (Å²) in [6.45, 7) is 15.5. The molecule has 0 bridgehead atoms. The van der Waals surface area contributed by atoms with E-state index in [9.17, 15) is 0 Å². The van der Waals surface area contributed by atoms with E-state index in [1.807, 2.05) is 0 Å². The molecule has 0 amide bonds. The molecule has 23 heavy (non-hydrogen) atoms. The SMILES string of the molecule is CC1=[C-]C(C)(C)C(C)=C1C.CP(C)c1cc2ccccc2[cH-]1.[Hf]. The molecule has 2 aromatic carbocycles. The van der Waals surface area contributed by atoms with Crippen LogP contribution in [0.2, 0.25) is 0 Å². The van der Waals surface area contributed by atoms with Crippen LogP contribution in [0.1, 0.15) is 34.6 Å². The number of allylic oxidation sites excluding steroid dienone is 4. The zero-order chi connectivity index (χ0) is 16.5. The Bertz CT molecular complexity index is 696. The van der Waals surface area contributed by atoms with Gasteiger partial charge < -0.3 is 0 Å². The summed E-state index contributed by atoms with van der Waals surface area (Å²) in [5, 5.41) is 4.26. The summed E-state index contributed by atoms with van der Waals surface area (Å²) in [7, 11) is 0.0576. The molecule has 1 aliphatic carbocycles. The third-order valence-corrected chi connectivity index (χ3v) is 5.97. The molecule has 0 aromatic heterocycles. The van der Waals surface area contributed by atoms with Gasteiger partial charge in [0, 0.05) is 25.8 Å². The Morgan fingerprint density at radius 2 is 1.65 bits per heavy atom. The van der Waals surface area contributed by atoms with E-state index >= 15 is 0 Å². The molecule has 3 rings (SSSR count). The van der Waals surface area contributed by atoms with E-state index in [0.29, 0.717) is 0 Å². The van der Waals surface area contributed by atoms with E-state index < -0.39 is 0 Å². The van der Waals surface area contributed by atoms with Gasteiger partial charge in [-0.15, -0.1) is 55.2 Å². The first-order valence-corrected chi connectivity index (χ1v) is 10.1. The average molecular weight is 489 g/mol. The van der Waals surface area contributed by atoms with Gasteiger partial charge in [-0.2, -0.15) is 17.2 Å². The predicted molar refractivity (Wildman–Crippen MR) is 103 cm³/mol. The molecule has 1 aliphatic rings. The van der Waals surface area contributed by atoms with Crippen molar-refractivity contribution >= 4 is 24.0 Å². The van der Waals surface area contributed by atoms with Crippen LogP contribution in [0.25, 0.3) is 10.8 Å². The Morgan fingerprint density at radius 3 is 2.04 bits per heavy atom. The first kappa shape index (κ1) is 20.7. The molecule has 0 saturated heterocycles. The monoisotopic (exact) mass is 490 g/mol. The van der Waals surface area contributed by atoms with Gasteiger partial charge in [0.2, 0.25) is 0 Å². The quantitative estimate of drug-likeness (QED) is 0.261. The summed E-state index contributed by atoms with van der Waals surface area (Å²) in [6, 6.07) is 13.2. The number of hydrogen-bond donors (Lipinski definition) is 0. The summed E-state index contributed by atoms with van der Waals surface area (Å²) in [6.07, 6.45) is 3.44. The van der Waals surface area contributed by atoms with Crippen molar-refractivity contribution in [3.63, 3.8) is 0 Å². The molecule has 0 N–H and O–H groups in total. The predicted octanol–water partition coefficient (Wildman–Crippen LogP) is 6.04. The average Bonchev–Trinajstić information content (AvgIpc) is 2.96. The Hall–Kier alpha value is -0.390. The summed E-state index contributed by atoms with van der Waals surface area (Å²) >= 11 is 0. The van der Waals surface area contributed by atoms with Gasteiger partial charge in [0.25, 0.3) is 0 Å². The van der Waals surface area contributed by atoms with E-state index in [4.69, 9.17) is 0 Å². The molecule has 0 radical (unpaired) electrons. The van der Waals surface area contributed by atoms with Crippen LogP contribution in [0.15, 0.2) is 53.1 Å². The normalized spacial score (nSPS) is 16.1. The fraction of sp³-hybridized carbons (Fsp3) is 0.381. The maximum atomic E-state index is 3.44. The Balaban J connectivity index is 0.000000224. The standard InChI is InChI=1S/C11H12P.C10H15.Hf/c1-12(2)11-7-9-5-3-4-6-10(9)8-11;1-7-6-10(4,5)9(3)8(7)2;/h3-8H,1-2H3;1-5H3;/q2*-1;. The Labute approximate surface area is 162 Å². The zero-order valence-electron chi connectivity index (χ0n) is 15.4. The van der Waals surface area contributed by atoms with Gasteiger partial charge in [0.05, 0.1) is 0 Å². The summed E-state index contributed by atoms with van der Waals surface area (Å²) in [5.41, 5.74) is 4.39. The van der Waals surface area contributed by atoms with Crippen molar-refractivity contribution in [3.8, 4) is 0 Å². The van der Waals surface area contributed by atoms with Gasteiger partial charge in [-0.25, -0.2) is 5.57 Å². The van der Waals surface area contributed by atoms with Crippen LogP contribution >= 0.6 is 7.92 Å². The summed E-state index contributed by atoms with van der Waals surface area (Å²) < 4.78 is 0. The van der Waals surface area contributed by atoms with Crippen LogP contribution in [0, 0.1) is 11.5 Å². The number of rotatable bonds is 1. The van der Waals surface area contributed by atoms with Crippen LogP contribution in [0.5, 0.6) is 0 Å². The fourth-order valence-corrected chi connectivity index (χ4v) is 3.59. The molecule has 0 spiro atoms. The molecule has 0 saturated carbocycles. The van der Waals surface area contributed by atoms with Gasteiger partial charge >= 0.3 is 0 Å². The number of fused-ring (bicyclic) bond motifs is 1. The van der Waals surface area contributed by atoms with Gasteiger partial charge in [0.1, 0.15) is 0 Å². The van der Waals surface area contributed by atoms with Crippen molar-refractivity contribution in [2.75, 3.05) is 13.3 Å². The fourth-order valence-electron chi connectivity index (χ4n) is 2.80. The van der Waals surface area contributed by atoms with Crippen molar-refractivity contribution < 1.29 is 25.8 Å². The third kappa shape index (κ3) is 4.80. The van der Waals surface area contributed by atoms with Crippen LogP contribution in [0.3, 0.4) is 0 Å². The molecule has 0 aliphatic heterocycles. The summed E-state index contributed by atoms with van der Waals surface area (Å²) in [4.78, 5) is 0. The van der Waals surface area contributed by atoms with Crippen molar-refractivity contribution in [2.24, 2.45) is 5.41 Å². The van der Waals surface area contributed by atoms with E-state index in [1.165, 1.54) is 32.8 Å². The molecule has 2 heteroatoms. The molecular formula is C21H27HfP-2.